The molecule has 2 rings (SSSR count). The molecule has 0 amide bonds. The number of nitriles is 1. The Morgan fingerprint density at radius 1 is 1.53 bits per heavy atom. The minimum absolute atomic E-state index is 0.0760. The summed E-state index contributed by atoms with van der Waals surface area (Å²) in [5.74, 6) is 0. The number of aromatic nitrogens is 1. The highest BCUT2D eigenvalue weighted by Crippen LogP contribution is 2.28. The first-order valence-electron chi connectivity index (χ1n) is 5.25. The Morgan fingerprint density at radius 2 is 2.35 bits per heavy atom. The summed E-state index contributed by atoms with van der Waals surface area (Å²) in [6, 6.07) is 6.31. The van der Waals surface area contributed by atoms with Crippen LogP contribution in [0.15, 0.2) is 23.7 Å². The van der Waals surface area contributed by atoms with E-state index in [0.717, 1.165) is 11.7 Å². The number of anilines is 1. The van der Waals surface area contributed by atoms with Crippen LogP contribution in [0.2, 0.25) is 0 Å². The molecule has 2 aromatic heterocycles. The van der Waals surface area contributed by atoms with Crippen LogP contribution >= 0.6 is 22.7 Å². The SMILES string of the molecule is CC(C)(CNc1ncc(C#N)s1)c1cccs1. The highest BCUT2D eigenvalue weighted by Gasteiger charge is 2.21. The minimum Gasteiger partial charge on any atom is -0.361 e. The fourth-order valence-corrected chi connectivity index (χ4v) is 2.92. The summed E-state index contributed by atoms with van der Waals surface area (Å²) in [6.45, 7) is 5.21. The zero-order valence-corrected chi connectivity index (χ0v) is 11.4. The van der Waals surface area contributed by atoms with Crippen LogP contribution in [0.5, 0.6) is 0 Å². The van der Waals surface area contributed by atoms with Gasteiger partial charge in [0.25, 0.3) is 0 Å². The number of hydrogen-bond acceptors (Lipinski definition) is 5. The molecule has 17 heavy (non-hydrogen) atoms. The van der Waals surface area contributed by atoms with Crippen molar-refractivity contribution >= 4 is 27.8 Å². The van der Waals surface area contributed by atoms with Crippen LogP contribution in [0.3, 0.4) is 0 Å². The molecule has 0 bridgehead atoms. The third-order valence-electron chi connectivity index (χ3n) is 2.49. The highest BCUT2D eigenvalue weighted by molar-refractivity contribution is 7.16. The number of nitrogens with one attached hydrogen (secondary N) is 1. The molecule has 3 nitrogen and oxygen atoms in total. The Morgan fingerprint density at radius 3 is 2.94 bits per heavy atom. The van der Waals surface area contributed by atoms with Crippen molar-refractivity contribution in [2.45, 2.75) is 19.3 Å². The van der Waals surface area contributed by atoms with Gasteiger partial charge in [0, 0.05) is 16.8 Å². The molecule has 0 unspecified atom stereocenters. The molecule has 0 saturated heterocycles. The maximum Gasteiger partial charge on any atom is 0.183 e. The molecule has 0 radical (unpaired) electrons. The van der Waals surface area contributed by atoms with Gasteiger partial charge in [0.1, 0.15) is 10.9 Å². The first kappa shape index (κ1) is 12.1. The van der Waals surface area contributed by atoms with E-state index in [-0.39, 0.29) is 5.41 Å². The summed E-state index contributed by atoms with van der Waals surface area (Å²) in [5.41, 5.74) is 0.0760. The number of thiophene rings is 1. The molecule has 0 fully saturated rings. The van der Waals surface area contributed by atoms with E-state index in [1.807, 2.05) is 0 Å². The molecular formula is C12H13N3S2. The Balaban J connectivity index is 2.00. The molecule has 0 aliphatic carbocycles. The zero-order chi connectivity index (χ0) is 12.3. The Kier molecular flexibility index (Phi) is 3.46. The maximum absolute atomic E-state index is 8.72. The van der Waals surface area contributed by atoms with Gasteiger partial charge in [-0.3, -0.25) is 0 Å². The number of rotatable bonds is 4. The number of hydrogen-bond donors (Lipinski definition) is 1. The lowest BCUT2D eigenvalue weighted by atomic mass is 9.91. The topological polar surface area (TPSA) is 48.7 Å². The van der Waals surface area contributed by atoms with Gasteiger partial charge in [-0.2, -0.15) is 5.26 Å². The van der Waals surface area contributed by atoms with Crippen molar-refractivity contribution in [3.8, 4) is 6.07 Å². The molecule has 2 heterocycles. The fourth-order valence-electron chi connectivity index (χ4n) is 1.45. The maximum atomic E-state index is 8.72. The Bertz CT molecular complexity index is 520. The molecule has 2 aromatic rings. The highest BCUT2D eigenvalue weighted by atomic mass is 32.1. The first-order chi connectivity index (χ1) is 8.12. The summed E-state index contributed by atoms with van der Waals surface area (Å²) in [6.07, 6.45) is 1.60. The molecule has 0 aromatic carbocycles. The number of thiazole rings is 1. The molecule has 0 atom stereocenters. The van der Waals surface area contributed by atoms with E-state index in [1.165, 1.54) is 16.2 Å². The van der Waals surface area contributed by atoms with Gasteiger partial charge in [0.2, 0.25) is 0 Å². The van der Waals surface area contributed by atoms with Crippen molar-refractivity contribution in [2.24, 2.45) is 0 Å². The molecule has 0 aliphatic rings. The smallest absolute Gasteiger partial charge is 0.183 e. The molecule has 5 heteroatoms. The van der Waals surface area contributed by atoms with E-state index in [0.29, 0.717) is 4.88 Å². The standard InChI is InChI=1S/C12H13N3S2/c1-12(2,10-4-3-5-16-10)8-15-11-14-7-9(6-13)17-11/h3-5,7H,8H2,1-2H3,(H,14,15). The average molecular weight is 263 g/mol. The second-order valence-corrected chi connectivity index (χ2v) is 6.33. The van der Waals surface area contributed by atoms with E-state index >= 15 is 0 Å². The van der Waals surface area contributed by atoms with E-state index in [1.54, 1.807) is 17.5 Å². The average Bonchev–Trinajstić information content (AvgIpc) is 2.98. The monoisotopic (exact) mass is 263 g/mol. The molecule has 1 N–H and O–H groups in total. The third-order valence-corrected chi connectivity index (χ3v) is 4.58. The van der Waals surface area contributed by atoms with Crippen molar-refractivity contribution in [1.82, 2.24) is 4.98 Å². The van der Waals surface area contributed by atoms with Crippen LogP contribution in [0.4, 0.5) is 5.13 Å². The van der Waals surface area contributed by atoms with E-state index in [4.69, 9.17) is 5.26 Å². The van der Waals surface area contributed by atoms with Gasteiger partial charge in [-0.1, -0.05) is 31.3 Å². The molecule has 0 aliphatic heterocycles. The molecule has 88 valence electrons. The van der Waals surface area contributed by atoms with Gasteiger partial charge < -0.3 is 5.32 Å². The van der Waals surface area contributed by atoms with E-state index < -0.39 is 0 Å². The lowest BCUT2D eigenvalue weighted by Gasteiger charge is -2.23. The van der Waals surface area contributed by atoms with E-state index in [9.17, 15) is 0 Å². The fraction of sp³-hybridized carbons (Fsp3) is 0.333. The second-order valence-electron chi connectivity index (χ2n) is 4.36. The lowest BCUT2D eigenvalue weighted by molar-refractivity contribution is 0.569. The van der Waals surface area contributed by atoms with Crippen LogP contribution in [-0.4, -0.2) is 11.5 Å². The van der Waals surface area contributed by atoms with Crippen LogP contribution in [0.25, 0.3) is 0 Å². The minimum atomic E-state index is 0.0760. The number of nitrogens with zero attached hydrogens (tertiary/aromatic N) is 2. The summed E-state index contributed by atoms with van der Waals surface area (Å²) >= 11 is 3.16. The van der Waals surface area contributed by atoms with Crippen LogP contribution < -0.4 is 5.32 Å². The summed E-state index contributed by atoms with van der Waals surface area (Å²) < 4.78 is 0. The largest absolute Gasteiger partial charge is 0.361 e. The van der Waals surface area contributed by atoms with Gasteiger partial charge in [0.15, 0.2) is 5.13 Å². The predicted molar refractivity (Wildman–Crippen MR) is 72.7 cm³/mol. The van der Waals surface area contributed by atoms with Crippen molar-refractivity contribution < 1.29 is 0 Å². The molecule has 0 saturated carbocycles. The normalized spacial score (nSPS) is 11.1. The Hall–Kier alpha value is -1.38. The van der Waals surface area contributed by atoms with Gasteiger partial charge in [0.05, 0.1) is 6.20 Å². The van der Waals surface area contributed by atoms with Crippen molar-refractivity contribution in [3.05, 3.63) is 33.5 Å². The van der Waals surface area contributed by atoms with Gasteiger partial charge in [-0.25, -0.2) is 4.98 Å². The predicted octanol–water partition coefficient (Wildman–Crippen LogP) is 3.47. The molecule has 0 spiro atoms. The van der Waals surface area contributed by atoms with Crippen molar-refractivity contribution in [1.29, 1.82) is 5.26 Å². The van der Waals surface area contributed by atoms with Crippen molar-refractivity contribution in [2.75, 3.05) is 11.9 Å². The second kappa shape index (κ2) is 4.86. The van der Waals surface area contributed by atoms with Gasteiger partial charge in [-0.05, 0) is 11.4 Å². The quantitative estimate of drug-likeness (QED) is 0.919. The summed E-state index contributed by atoms with van der Waals surface area (Å²) in [7, 11) is 0. The molecular weight excluding hydrogens is 250 g/mol. The first-order valence-corrected chi connectivity index (χ1v) is 6.95. The summed E-state index contributed by atoms with van der Waals surface area (Å²) in [4.78, 5) is 6.15. The lowest BCUT2D eigenvalue weighted by Crippen LogP contribution is -2.26. The Labute approximate surface area is 109 Å². The van der Waals surface area contributed by atoms with Crippen LogP contribution in [0.1, 0.15) is 23.6 Å². The zero-order valence-electron chi connectivity index (χ0n) is 9.73. The third kappa shape index (κ3) is 2.84. The van der Waals surface area contributed by atoms with Crippen LogP contribution in [-0.2, 0) is 5.41 Å². The van der Waals surface area contributed by atoms with Gasteiger partial charge in [-0.15, -0.1) is 11.3 Å². The van der Waals surface area contributed by atoms with E-state index in [2.05, 4.69) is 47.7 Å². The summed E-state index contributed by atoms with van der Waals surface area (Å²) in [5, 5.41) is 14.9. The van der Waals surface area contributed by atoms with Gasteiger partial charge >= 0.3 is 0 Å². The van der Waals surface area contributed by atoms with Crippen molar-refractivity contribution in [3.63, 3.8) is 0 Å². The van der Waals surface area contributed by atoms with Crippen LogP contribution in [0, 0.1) is 11.3 Å².